The molecule has 1 N–H and O–H groups in total. The van der Waals surface area contributed by atoms with Crippen molar-refractivity contribution in [2.75, 3.05) is 23.7 Å². The number of sulfonamides is 1. The molecule has 0 saturated heterocycles. The van der Waals surface area contributed by atoms with Crippen LogP contribution in [0, 0.1) is 17.5 Å². The second kappa shape index (κ2) is 8.22. The minimum atomic E-state index is -4.10. The van der Waals surface area contributed by atoms with Gasteiger partial charge in [0.1, 0.15) is 6.54 Å². The second-order valence-electron chi connectivity index (χ2n) is 5.55. The number of anilines is 1. The summed E-state index contributed by atoms with van der Waals surface area (Å²) in [6.07, 6.45) is 1.26. The third-order valence-electron chi connectivity index (χ3n) is 3.55. The highest BCUT2D eigenvalue weighted by molar-refractivity contribution is 7.92. The maximum absolute atomic E-state index is 13.9. The Bertz CT molecular complexity index is 890. The Kier molecular flexibility index (Phi) is 6.25. The Morgan fingerprint density at radius 1 is 1.04 bits per heavy atom. The van der Waals surface area contributed by atoms with Gasteiger partial charge in [-0.3, -0.25) is 9.10 Å². The fourth-order valence-electron chi connectivity index (χ4n) is 2.27. The summed E-state index contributed by atoms with van der Waals surface area (Å²) in [4.78, 5) is 12.0. The van der Waals surface area contributed by atoms with E-state index in [0.29, 0.717) is 16.8 Å². The van der Waals surface area contributed by atoms with Crippen molar-refractivity contribution in [3.8, 4) is 0 Å². The van der Waals surface area contributed by atoms with Crippen LogP contribution in [0.2, 0.25) is 0 Å². The van der Waals surface area contributed by atoms with Crippen LogP contribution >= 0.6 is 0 Å². The fraction of sp³-hybridized carbons (Fsp3) is 0.235. The Labute approximate surface area is 149 Å². The minimum absolute atomic E-state index is 0.237. The van der Waals surface area contributed by atoms with Crippen LogP contribution in [0.25, 0.3) is 0 Å². The minimum Gasteiger partial charge on any atom is -0.354 e. The van der Waals surface area contributed by atoms with E-state index in [1.165, 1.54) is 0 Å². The first-order valence-electron chi connectivity index (χ1n) is 7.62. The Morgan fingerprint density at radius 3 is 2.31 bits per heavy atom. The number of hydrogen-bond donors (Lipinski definition) is 1. The first-order chi connectivity index (χ1) is 12.2. The molecule has 0 aliphatic carbocycles. The van der Waals surface area contributed by atoms with E-state index in [0.717, 1.165) is 17.9 Å². The summed E-state index contributed by atoms with van der Waals surface area (Å²) in [5.41, 5.74) is 0.240. The molecule has 2 aromatic carbocycles. The van der Waals surface area contributed by atoms with E-state index in [9.17, 15) is 26.4 Å². The topological polar surface area (TPSA) is 66.5 Å². The highest BCUT2D eigenvalue weighted by Gasteiger charge is 2.26. The van der Waals surface area contributed by atoms with Gasteiger partial charge >= 0.3 is 0 Å². The number of carbonyl (C=O) groups is 1. The van der Waals surface area contributed by atoms with Crippen molar-refractivity contribution in [2.24, 2.45) is 0 Å². The van der Waals surface area contributed by atoms with Crippen molar-refractivity contribution in [3.05, 3.63) is 65.5 Å². The molecular formula is C17H17F3N2O3S. The second-order valence-corrected chi connectivity index (χ2v) is 7.46. The quantitative estimate of drug-likeness (QED) is 0.742. The molecule has 140 valence electrons. The Hall–Kier alpha value is -2.55. The number of benzene rings is 2. The summed E-state index contributed by atoms with van der Waals surface area (Å²) < 4.78 is 64.5. The average molecular weight is 386 g/mol. The summed E-state index contributed by atoms with van der Waals surface area (Å²) in [5, 5.41) is 2.51. The van der Waals surface area contributed by atoms with E-state index >= 15 is 0 Å². The zero-order valence-electron chi connectivity index (χ0n) is 13.9. The van der Waals surface area contributed by atoms with Gasteiger partial charge in [0.25, 0.3) is 0 Å². The van der Waals surface area contributed by atoms with Crippen molar-refractivity contribution in [3.63, 3.8) is 0 Å². The molecule has 26 heavy (non-hydrogen) atoms. The summed E-state index contributed by atoms with van der Waals surface area (Å²) in [7, 11) is -4.10. The zero-order valence-corrected chi connectivity index (χ0v) is 14.7. The van der Waals surface area contributed by atoms with Crippen LogP contribution in [0.4, 0.5) is 18.9 Å². The van der Waals surface area contributed by atoms with Gasteiger partial charge in [0.2, 0.25) is 15.9 Å². The van der Waals surface area contributed by atoms with Crippen LogP contribution in [-0.2, 0) is 21.2 Å². The molecular weight excluding hydrogens is 369 g/mol. The Morgan fingerprint density at radius 2 is 1.69 bits per heavy atom. The van der Waals surface area contributed by atoms with E-state index in [-0.39, 0.29) is 6.54 Å². The van der Waals surface area contributed by atoms with Gasteiger partial charge in [-0.25, -0.2) is 21.6 Å². The highest BCUT2D eigenvalue weighted by atomic mass is 32.2. The van der Waals surface area contributed by atoms with Crippen LogP contribution in [0.5, 0.6) is 0 Å². The maximum Gasteiger partial charge on any atom is 0.240 e. The van der Waals surface area contributed by atoms with Gasteiger partial charge in [-0.05, 0) is 24.1 Å². The molecule has 0 spiro atoms. The molecule has 9 heteroatoms. The molecule has 0 fully saturated rings. The molecule has 0 heterocycles. The number of halogens is 3. The van der Waals surface area contributed by atoms with Crippen molar-refractivity contribution in [1.82, 2.24) is 5.32 Å². The number of rotatable bonds is 7. The molecule has 0 atom stereocenters. The predicted octanol–water partition coefficient (Wildman–Crippen LogP) is 2.23. The van der Waals surface area contributed by atoms with Crippen LogP contribution in [-0.4, -0.2) is 33.7 Å². The van der Waals surface area contributed by atoms with Crippen molar-refractivity contribution in [2.45, 2.75) is 6.42 Å². The number of nitrogens with zero attached hydrogens (tertiary/aromatic N) is 1. The van der Waals surface area contributed by atoms with Crippen LogP contribution in [0.3, 0.4) is 0 Å². The zero-order chi connectivity index (χ0) is 19.3. The number of carbonyl (C=O) groups excluding carboxylic acids is 1. The smallest absolute Gasteiger partial charge is 0.240 e. The van der Waals surface area contributed by atoms with Crippen LogP contribution in [0.1, 0.15) is 5.56 Å². The lowest BCUT2D eigenvalue weighted by Gasteiger charge is -2.22. The van der Waals surface area contributed by atoms with E-state index < -0.39 is 45.6 Å². The maximum atomic E-state index is 13.9. The molecule has 0 radical (unpaired) electrons. The normalized spacial score (nSPS) is 11.2. The van der Waals surface area contributed by atoms with E-state index in [4.69, 9.17) is 0 Å². The van der Waals surface area contributed by atoms with Gasteiger partial charge in [-0.1, -0.05) is 30.3 Å². The fourth-order valence-corrected chi connectivity index (χ4v) is 3.12. The van der Waals surface area contributed by atoms with Crippen molar-refractivity contribution < 1.29 is 26.4 Å². The number of hydrogen-bond acceptors (Lipinski definition) is 3. The van der Waals surface area contributed by atoms with Gasteiger partial charge in [0, 0.05) is 6.54 Å². The first-order valence-corrected chi connectivity index (χ1v) is 9.47. The van der Waals surface area contributed by atoms with Gasteiger partial charge in [0.05, 0.1) is 11.9 Å². The van der Waals surface area contributed by atoms with Gasteiger partial charge < -0.3 is 5.32 Å². The molecule has 5 nitrogen and oxygen atoms in total. The standard InChI is InChI=1S/C17H17F3N2O3S/c1-26(24,25)22(14-8-7-13(18)16(19)17(14)20)11-15(23)21-10-9-12-5-3-2-4-6-12/h2-8H,9-11H2,1H3,(H,21,23). The molecule has 1 amide bonds. The highest BCUT2D eigenvalue weighted by Crippen LogP contribution is 2.25. The lowest BCUT2D eigenvalue weighted by Crippen LogP contribution is -2.41. The number of nitrogens with one attached hydrogen (secondary N) is 1. The molecule has 2 rings (SSSR count). The lowest BCUT2D eigenvalue weighted by molar-refractivity contribution is -0.119. The predicted molar refractivity (Wildman–Crippen MR) is 91.7 cm³/mol. The third kappa shape index (κ3) is 4.98. The third-order valence-corrected chi connectivity index (χ3v) is 4.68. The Balaban J connectivity index is 2.09. The van der Waals surface area contributed by atoms with Crippen LogP contribution in [0.15, 0.2) is 42.5 Å². The van der Waals surface area contributed by atoms with Crippen molar-refractivity contribution in [1.29, 1.82) is 0 Å². The number of amides is 1. The van der Waals surface area contributed by atoms with E-state index in [1.807, 2.05) is 30.3 Å². The van der Waals surface area contributed by atoms with Gasteiger partial charge in [-0.15, -0.1) is 0 Å². The molecule has 0 aliphatic rings. The van der Waals surface area contributed by atoms with Gasteiger partial charge in [0.15, 0.2) is 17.5 Å². The van der Waals surface area contributed by atoms with E-state index in [2.05, 4.69) is 5.32 Å². The summed E-state index contributed by atoms with van der Waals surface area (Å²) in [5.74, 6) is -5.63. The molecule has 0 aliphatic heterocycles. The molecule has 0 saturated carbocycles. The van der Waals surface area contributed by atoms with Gasteiger partial charge in [-0.2, -0.15) is 0 Å². The monoisotopic (exact) mass is 386 g/mol. The summed E-state index contributed by atoms with van der Waals surface area (Å²) >= 11 is 0. The van der Waals surface area contributed by atoms with Crippen LogP contribution < -0.4 is 9.62 Å². The average Bonchev–Trinajstić information content (AvgIpc) is 2.58. The van der Waals surface area contributed by atoms with Crippen molar-refractivity contribution >= 4 is 21.6 Å². The molecule has 0 unspecified atom stereocenters. The SMILES string of the molecule is CS(=O)(=O)N(CC(=O)NCCc1ccccc1)c1ccc(F)c(F)c1F. The van der Waals surface area contributed by atoms with E-state index in [1.54, 1.807) is 0 Å². The largest absolute Gasteiger partial charge is 0.354 e. The lowest BCUT2D eigenvalue weighted by atomic mass is 10.1. The molecule has 0 bridgehead atoms. The summed E-state index contributed by atoms with van der Waals surface area (Å²) in [6.45, 7) is -0.518. The molecule has 2 aromatic rings. The summed E-state index contributed by atoms with van der Waals surface area (Å²) in [6, 6.07) is 10.6. The first kappa shape index (κ1) is 19.8. The molecule has 0 aromatic heterocycles.